The SMILES string of the molecule is COC1CC(CO)(CCl)C1. The van der Waals surface area contributed by atoms with Crippen LogP contribution < -0.4 is 0 Å². The monoisotopic (exact) mass is 164 g/mol. The largest absolute Gasteiger partial charge is 0.396 e. The highest BCUT2D eigenvalue weighted by Crippen LogP contribution is 2.42. The number of hydrogen-bond acceptors (Lipinski definition) is 2. The van der Waals surface area contributed by atoms with Gasteiger partial charge < -0.3 is 9.84 Å². The number of alkyl halides is 1. The topological polar surface area (TPSA) is 29.5 Å². The Morgan fingerprint density at radius 2 is 2.30 bits per heavy atom. The zero-order valence-corrected chi connectivity index (χ0v) is 6.90. The first-order chi connectivity index (χ1) is 4.76. The first-order valence-electron chi connectivity index (χ1n) is 3.46. The van der Waals surface area contributed by atoms with E-state index in [1.165, 1.54) is 0 Å². The maximum absolute atomic E-state index is 8.91. The minimum atomic E-state index is -0.0256. The zero-order chi connectivity index (χ0) is 7.61. The van der Waals surface area contributed by atoms with E-state index in [4.69, 9.17) is 21.4 Å². The summed E-state index contributed by atoms with van der Waals surface area (Å²) < 4.78 is 5.08. The molecule has 0 aromatic rings. The Balaban J connectivity index is 2.31. The van der Waals surface area contributed by atoms with Crippen LogP contribution in [0.1, 0.15) is 12.8 Å². The lowest BCUT2D eigenvalue weighted by Crippen LogP contribution is -2.45. The summed E-state index contributed by atoms with van der Waals surface area (Å²) in [4.78, 5) is 0. The molecule has 3 heteroatoms. The van der Waals surface area contributed by atoms with Crippen molar-refractivity contribution >= 4 is 11.6 Å². The van der Waals surface area contributed by atoms with Crippen molar-refractivity contribution in [2.45, 2.75) is 18.9 Å². The van der Waals surface area contributed by atoms with Gasteiger partial charge >= 0.3 is 0 Å². The lowest BCUT2D eigenvalue weighted by atomic mass is 9.69. The van der Waals surface area contributed by atoms with Gasteiger partial charge in [-0.1, -0.05) is 0 Å². The second-order valence-corrected chi connectivity index (χ2v) is 3.32. The van der Waals surface area contributed by atoms with Crippen molar-refractivity contribution in [3.63, 3.8) is 0 Å². The number of halogens is 1. The molecule has 0 heterocycles. The van der Waals surface area contributed by atoms with E-state index in [1.807, 2.05) is 0 Å². The van der Waals surface area contributed by atoms with Gasteiger partial charge in [-0.3, -0.25) is 0 Å². The first kappa shape index (κ1) is 8.31. The number of methoxy groups -OCH3 is 1. The summed E-state index contributed by atoms with van der Waals surface area (Å²) in [5.41, 5.74) is -0.0256. The summed E-state index contributed by atoms with van der Waals surface area (Å²) in [7, 11) is 1.69. The van der Waals surface area contributed by atoms with E-state index in [2.05, 4.69) is 0 Å². The van der Waals surface area contributed by atoms with E-state index in [-0.39, 0.29) is 12.0 Å². The standard InChI is InChI=1S/C7H13ClO2/c1-10-6-2-7(3-6,4-8)5-9/h6,9H,2-5H2,1H3. The number of ether oxygens (including phenoxy) is 1. The highest BCUT2D eigenvalue weighted by Gasteiger charge is 2.43. The number of rotatable bonds is 3. The Morgan fingerprint density at radius 1 is 1.70 bits per heavy atom. The predicted octanol–water partition coefficient (Wildman–Crippen LogP) is 1.01. The Hall–Kier alpha value is 0.210. The van der Waals surface area contributed by atoms with Gasteiger partial charge in [0.15, 0.2) is 0 Å². The molecule has 0 spiro atoms. The summed E-state index contributed by atoms with van der Waals surface area (Å²) in [6, 6.07) is 0. The van der Waals surface area contributed by atoms with E-state index in [9.17, 15) is 0 Å². The molecule has 60 valence electrons. The summed E-state index contributed by atoms with van der Waals surface area (Å²) in [6.07, 6.45) is 2.14. The molecule has 0 aromatic heterocycles. The summed E-state index contributed by atoms with van der Waals surface area (Å²) in [6.45, 7) is 0.191. The van der Waals surface area contributed by atoms with E-state index in [0.29, 0.717) is 12.0 Å². The normalized spacial score (nSPS) is 39.3. The van der Waals surface area contributed by atoms with Crippen LogP contribution in [0.4, 0.5) is 0 Å². The summed E-state index contributed by atoms with van der Waals surface area (Å²) in [5, 5.41) is 8.91. The third kappa shape index (κ3) is 1.29. The van der Waals surface area contributed by atoms with E-state index < -0.39 is 0 Å². The molecule has 1 fully saturated rings. The van der Waals surface area contributed by atoms with Gasteiger partial charge in [-0.25, -0.2) is 0 Å². The molecule has 0 unspecified atom stereocenters. The van der Waals surface area contributed by atoms with Crippen LogP contribution in [0.25, 0.3) is 0 Å². The Morgan fingerprint density at radius 3 is 2.60 bits per heavy atom. The average molecular weight is 165 g/mol. The van der Waals surface area contributed by atoms with Crippen molar-refractivity contribution in [3.05, 3.63) is 0 Å². The van der Waals surface area contributed by atoms with Crippen molar-refractivity contribution in [2.75, 3.05) is 19.6 Å². The third-order valence-corrected chi connectivity index (χ3v) is 2.84. The van der Waals surface area contributed by atoms with E-state index >= 15 is 0 Å². The van der Waals surface area contributed by atoms with Crippen LogP contribution >= 0.6 is 11.6 Å². The maximum Gasteiger partial charge on any atom is 0.0584 e. The Labute approximate surface area is 66.1 Å². The molecule has 0 bridgehead atoms. The molecule has 0 saturated heterocycles. The fourth-order valence-corrected chi connectivity index (χ4v) is 1.66. The fourth-order valence-electron chi connectivity index (χ4n) is 1.35. The van der Waals surface area contributed by atoms with Crippen LogP contribution in [0.2, 0.25) is 0 Å². The first-order valence-corrected chi connectivity index (χ1v) is 3.99. The highest BCUT2D eigenvalue weighted by molar-refractivity contribution is 6.18. The van der Waals surface area contributed by atoms with Gasteiger partial charge in [0.25, 0.3) is 0 Å². The smallest absolute Gasteiger partial charge is 0.0584 e. The zero-order valence-electron chi connectivity index (χ0n) is 6.14. The van der Waals surface area contributed by atoms with E-state index in [1.54, 1.807) is 7.11 Å². The van der Waals surface area contributed by atoms with Crippen molar-refractivity contribution in [3.8, 4) is 0 Å². The maximum atomic E-state index is 8.91. The molecule has 0 aliphatic heterocycles. The molecular weight excluding hydrogens is 152 g/mol. The van der Waals surface area contributed by atoms with Crippen molar-refractivity contribution in [2.24, 2.45) is 5.41 Å². The molecule has 1 aliphatic carbocycles. The minimum Gasteiger partial charge on any atom is -0.396 e. The second kappa shape index (κ2) is 3.07. The van der Waals surface area contributed by atoms with Crippen molar-refractivity contribution < 1.29 is 9.84 Å². The van der Waals surface area contributed by atoms with Gasteiger partial charge in [-0.05, 0) is 12.8 Å². The van der Waals surface area contributed by atoms with Gasteiger partial charge in [0, 0.05) is 18.4 Å². The molecule has 2 nitrogen and oxygen atoms in total. The number of aliphatic hydroxyl groups is 1. The van der Waals surface area contributed by atoms with Gasteiger partial charge in [-0.2, -0.15) is 0 Å². The quantitative estimate of drug-likeness (QED) is 0.631. The molecule has 10 heavy (non-hydrogen) atoms. The number of aliphatic hydroxyl groups excluding tert-OH is 1. The van der Waals surface area contributed by atoms with Gasteiger partial charge in [-0.15, -0.1) is 11.6 Å². The van der Waals surface area contributed by atoms with Gasteiger partial charge in [0.2, 0.25) is 0 Å². The lowest BCUT2D eigenvalue weighted by Gasteiger charge is -2.44. The van der Waals surface area contributed by atoms with Crippen LogP contribution in [0, 0.1) is 5.41 Å². The van der Waals surface area contributed by atoms with Crippen LogP contribution in [0.15, 0.2) is 0 Å². The van der Waals surface area contributed by atoms with Gasteiger partial charge in [0.05, 0.1) is 12.7 Å². The molecule has 1 aliphatic rings. The Bertz CT molecular complexity index is 104. The van der Waals surface area contributed by atoms with Crippen molar-refractivity contribution in [1.82, 2.24) is 0 Å². The van der Waals surface area contributed by atoms with E-state index in [0.717, 1.165) is 12.8 Å². The molecular formula is C7H13ClO2. The molecule has 0 aromatic carbocycles. The van der Waals surface area contributed by atoms with Crippen molar-refractivity contribution in [1.29, 1.82) is 0 Å². The van der Waals surface area contributed by atoms with Crippen LogP contribution in [-0.2, 0) is 4.74 Å². The summed E-state index contributed by atoms with van der Waals surface area (Å²) >= 11 is 5.67. The van der Waals surface area contributed by atoms with Gasteiger partial charge in [0.1, 0.15) is 0 Å². The molecule has 1 N–H and O–H groups in total. The summed E-state index contributed by atoms with van der Waals surface area (Å²) in [5.74, 6) is 0.545. The predicted molar refractivity (Wildman–Crippen MR) is 40.3 cm³/mol. The third-order valence-electron chi connectivity index (χ3n) is 2.27. The fraction of sp³-hybridized carbons (Fsp3) is 1.00. The highest BCUT2D eigenvalue weighted by atomic mass is 35.5. The Kier molecular flexibility index (Phi) is 2.55. The molecule has 0 radical (unpaired) electrons. The number of hydrogen-bond donors (Lipinski definition) is 1. The minimum absolute atomic E-state index is 0.0256. The van der Waals surface area contributed by atoms with Crippen LogP contribution in [-0.4, -0.2) is 30.8 Å². The van der Waals surface area contributed by atoms with Crippen LogP contribution in [0.3, 0.4) is 0 Å². The molecule has 0 atom stereocenters. The molecule has 0 amide bonds. The lowest BCUT2D eigenvalue weighted by molar-refractivity contribution is -0.0718. The second-order valence-electron chi connectivity index (χ2n) is 3.06. The average Bonchev–Trinajstić information content (AvgIpc) is 1.89. The molecule has 1 rings (SSSR count). The van der Waals surface area contributed by atoms with Crippen LogP contribution in [0.5, 0.6) is 0 Å². The molecule has 1 saturated carbocycles.